The summed E-state index contributed by atoms with van der Waals surface area (Å²) in [5, 5.41) is 0. The van der Waals surface area contributed by atoms with Crippen molar-refractivity contribution in [2.75, 3.05) is 20.2 Å². The Hall–Kier alpha value is -2.40. The number of methoxy groups -OCH3 is 1. The molecule has 7 nitrogen and oxygen atoms in total. The normalized spacial score (nSPS) is 16.7. The van der Waals surface area contributed by atoms with Crippen LogP contribution in [0.4, 0.5) is 13.2 Å². The first-order chi connectivity index (χ1) is 13.2. The van der Waals surface area contributed by atoms with Crippen LogP contribution in [0, 0.1) is 0 Å². The second-order valence-electron chi connectivity index (χ2n) is 6.09. The van der Waals surface area contributed by atoms with Gasteiger partial charge in [-0.2, -0.15) is 22.5 Å². The van der Waals surface area contributed by atoms with Crippen molar-refractivity contribution in [1.29, 1.82) is 0 Å². The summed E-state index contributed by atoms with van der Waals surface area (Å²) in [6, 6.07) is 6.69. The molecular formula is C17H18F3N3O4S. The predicted octanol–water partition coefficient (Wildman–Crippen LogP) is 2.74. The first-order valence-corrected chi connectivity index (χ1v) is 9.86. The lowest BCUT2D eigenvalue weighted by atomic mass is 10.1. The van der Waals surface area contributed by atoms with E-state index in [0.717, 1.165) is 12.3 Å². The molecule has 0 radical (unpaired) electrons. The van der Waals surface area contributed by atoms with Gasteiger partial charge in [-0.3, -0.25) is 0 Å². The number of nitrogens with zero attached hydrogens (tertiary/aromatic N) is 3. The van der Waals surface area contributed by atoms with Gasteiger partial charge in [0.1, 0.15) is 16.7 Å². The summed E-state index contributed by atoms with van der Waals surface area (Å²) in [7, 11) is -2.36. The summed E-state index contributed by atoms with van der Waals surface area (Å²) in [6.45, 7) is 0.314. The summed E-state index contributed by atoms with van der Waals surface area (Å²) in [5.41, 5.74) is -1.09. The average Bonchev–Trinajstić information content (AvgIpc) is 2.68. The number of benzene rings is 1. The van der Waals surface area contributed by atoms with Crippen molar-refractivity contribution < 1.29 is 31.1 Å². The van der Waals surface area contributed by atoms with Crippen LogP contribution in [-0.2, 0) is 16.2 Å². The molecule has 2 heterocycles. The average molecular weight is 417 g/mol. The van der Waals surface area contributed by atoms with E-state index in [1.54, 1.807) is 18.2 Å². The van der Waals surface area contributed by atoms with Gasteiger partial charge in [-0.25, -0.2) is 13.4 Å². The van der Waals surface area contributed by atoms with Gasteiger partial charge < -0.3 is 9.47 Å². The van der Waals surface area contributed by atoms with Crippen LogP contribution in [0.5, 0.6) is 11.8 Å². The highest BCUT2D eigenvalue weighted by Gasteiger charge is 2.34. The van der Waals surface area contributed by atoms with Crippen molar-refractivity contribution in [3.8, 4) is 11.8 Å². The molecule has 1 aliphatic heterocycles. The quantitative estimate of drug-likeness (QED) is 0.744. The van der Waals surface area contributed by atoms with Crippen LogP contribution in [0.15, 0.2) is 41.4 Å². The zero-order chi connectivity index (χ0) is 20.4. The number of hydrogen-bond acceptors (Lipinski definition) is 6. The fourth-order valence-electron chi connectivity index (χ4n) is 2.87. The van der Waals surface area contributed by atoms with E-state index in [0.29, 0.717) is 12.8 Å². The second kappa shape index (κ2) is 7.92. The van der Waals surface area contributed by atoms with Gasteiger partial charge in [-0.15, -0.1) is 0 Å². The molecule has 2 aromatic rings. The molecule has 1 fully saturated rings. The van der Waals surface area contributed by atoms with Gasteiger partial charge in [0.05, 0.1) is 7.11 Å². The number of halogens is 3. The molecule has 1 aromatic carbocycles. The highest BCUT2D eigenvalue weighted by Crippen LogP contribution is 2.30. The Labute approximate surface area is 160 Å². The Kier molecular flexibility index (Phi) is 5.75. The molecule has 1 aliphatic rings. The van der Waals surface area contributed by atoms with Gasteiger partial charge in [0.15, 0.2) is 5.69 Å². The topological polar surface area (TPSA) is 81.6 Å². The molecule has 11 heteroatoms. The molecule has 28 heavy (non-hydrogen) atoms. The van der Waals surface area contributed by atoms with Crippen LogP contribution in [-0.4, -0.2) is 49.0 Å². The molecule has 0 N–H and O–H groups in total. The predicted molar refractivity (Wildman–Crippen MR) is 92.4 cm³/mol. The molecule has 1 saturated heterocycles. The number of para-hydroxylation sites is 1. The molecule has 0 saturated carbocycles. The second-order valence-corrected chi connectivity index (χ2v) is 8.00. The van der Waals surface area contributed by atoms with E-state index in [2.05, 4.69) is 9.97 Å². The van der Waals surface area contributed by atoms with Crippen LogP contribution < -0.4 is 9.47 Å². The van der Waals surface area contributed by atoms with Crippen molar-refractivity contribution in [1.82, 2.24) is 14.3 Å². The Balaban J connectivity index is 1.66. The number of hydrogen-bond donors (Lipinski definition) is 0. The van der Waals surface area contributed by atoms with Gasteiger partial charge in [0.2, 0.25) is 10.0 Å². The van der Waals surface area contributed by atoms with E-state index in [4.69, 9.17) is 9.47 Å². The van der Waals surface area contributed by atoms with Crippen molar-refractivity contribution in [2.45, 2.75) is 30.0 Å². The third-order valence-corrected chi connectivity index (χ3v) is 6.22. The van der Waals surface area contributed by atoms with Gasteiger partial charge in [-0.1, -0.05) is 12.1 Å². The van der Waals surface area contributed by atoms with Crippen molar-refractivity contribution in [2.24, 2.45) is 0 Å². The SMILES string of the molecule is COc1ccccc1S(=O)(=O)N1CCC(Oc2nccc(C(F)(F)F)n2)CC1. The minimum Gasteiger partial charge on any atom is -0.495 e. The molecule has 0 bridgehead atoms. The summed E-state index contributed by atoms with van der Waals surface area (Å²) in [5.74, 6) is 0.248. The smallest absolute Gasteiger partial charge is 0.433 e. The Morgan fingerprint density at radius 3 is 2.46 bits per heavy atom. The van der Waals surface area contributed by atoms with E-state index in [9.17, 15) is 21.6 Å². The number of alkyl halides is 3. The Morgan fingerprint density at radius 1 is 1.14 bits per heavy atom. The lowest BCUT2D eigenvalue weighted by molar-refractivity contribution is -0.141. The monoisotopic (exact) mass is 417 g/mol. The van der Waals surface area contributed by atoms with Gasteiger partial charge in [0, 0.05) is 19.3 Å². The van der Waals surface area contributed by atoms with E-state index in [-0.39, 0.29) is 29.7 Å². The first-order valence-electron chi connectivity index (χ1n) is 8.42. The third kappa shape index (κ3) is 4.36. The highest BCUT2D eigenvalue weighted by atomic mass is 32.2. The molecule has 152 valence electrons. The van der Waals surface area contributed by atoms with Crippen molar-refractivity contribution >= 4 is 10.0 Å². The van der Waals surface area contributed by atoms with Crippen LogP contribution in [0.2, 0.25) is 0 Å². The summed E-state index contributed by atoms with van der Waals surface area (Å²) < 4.78 is 75.7. The highest BCUT2D eigenvalue weighted by molar-refractivity contribution is 7.89. The first kappa shape index (κ1) is 20.3. The number of sulfonamides is 1. The molecule has 3 rings (SSSR count). The third-order valence-electron chi connectivity index (χ3n) is 4.28. The van der Waals surface area contributed by atoms with E-state index >= 15 is 0 Å². The summed E-state index contributed by atoms with van der Waals surface area (Å²) >= 11 is 0. The molecule has 1 aromatic heterocycles. The van der Waals surface area contributed by atoms with Crippen LogP contribution >= 0.6 is 0 Å². The fourth-order valence-corrected chi connectivity index (χ4v) is 4.49. The van der Waals surface area contributed by atoms with Crippen LogP contribution in [0.25, 0.3) is 0 Å². The summed E-state index contributed by atoms with van der Waals surface area (Å²) in [4.78, 5) is 7.14. The number of piperidine rings is 1. The van der Waals surface area contributed by atoms with Crippen molar-refractivity contribution in [3.05, 3.63) is 42.2 Å². The number of ether oxygens (including phenoxy) is 2. The van der Waals surface area contributed by atoms with Crippen LogP contribution in [0.3, 0.4) is 0 Å². The standard InChI is InChI=1S/C17H18F3N3O4S/c1-26-13-4-2-3-5-14(13)28(24,25)23-10-7-12(8-11-23)27-16-21-9-6-15(22-16)17(18,19)20/h2-6,9,12H,7-8,10-11H2,1H3. The van der Waals surface area contributed by atoms with Gasteiger partial charge in [0.25, 0.3) is 0 Å². The zero-order valence-corrected chi connectivity index (χ0v) is 15.7. The molecule has 0 aliphatic carbocycles. The van der Waals surface area contributed by atoms with Crippen LogP contribution in [0.1, 0.15) is 18.5 Å². The zero-order valence-electron chi connectivity index (χ0n) is 14.9. The summed E-state index contributed by atoms with van der Waals surface area (Å²) in [6.07, 6.45) is -3.49. The maximum atomic E-state index is 12.8. The minimum atomic E-state index is -4.59. The van der Waals surface area contributed by atoms with E-state index < -0.39 is 28.0 Å². The Morgan fingerprint density at radius 2 is 1.82 bits per heavy atom. The van der Waals surface area contributed by atoms with E-state index in [1.807, 2.05) is 0 Å². The minimum absolute atomic E-state index is 0.0677. The van der Waals surface area contributed by atoms with E-state index in [1.165, 1.54) is 17.5 Å². The largest absolute Gasteiger partial charge is 0.495 e. The van der Waals surface area contributed by atoms with Gasteiger partial charge in [-0.05, 0) is 31.0 Å². The molecular weight excluding hydrogens is 399 g/mol. The molecule has 0 spiro atoms. The molecule has 0 amide bonds. The fraction of sp³-hybridized carbons (Fsp3) is 0.412. The number of rotatable bonds is 5. The molecule has 0 atom stereocenters. The lowest BCUT2D eigenvalue weighted by Crippen LogP contribution is -2.42. The van der Waals surface area contributed by atoms with Gasteiger partial charge >= 0.3 is 12.2 Å². The maximum absolute atomic E-state index is 12.8. The maximum Gasteiger partial charge on any atom is 0.433 e. The Bertz CT molecular complexity index is 929. The molecule has 0 unspecified atom stereocenters. The lowest BCUT2D eigenvalue weighted by Gasteiger charge is -2.31. The van der Waals surface area contributed by atoms with Crippen molar-refractivity contribution in [3.63, 3.8) is 0 Å². The number of aromatic nitrogens is 2.